The zero-order valence-electron chi connectivity index (χ0n) is 20.9. The molecule has 0 fully saturated rings. The first-order chi connectivity index (χ1) is 15.4. The molecule has 2 N–H and O–H groups in total. The Labute approximate surface area is 196 Å². The average molecular weight is 459 g/mol. The summed E-state index contributed by atoms with van der Waals surface area (Å²) in [5.41, 5.74) is 0. The molecule has 0 aromatic rings. The molecule has 32 heavy (non-hydrogen) atoms. The minimum absolute atomic E-state index is 0.0304. The quantitative estimate of drug-likeness (QED) is 0.128. The van der Waals surface area contributed by atoms with E-state index in [-0.39, 0.29) is 18.8 Å². The summed E-state index contributed by atoms with van der Waals surface area (Å²) in [6.45, 7) is 4.66. The van der Waals surface area contributed by atoms with Gasteiger partial charge in [0.2, 0.25) is 0 Å². The Kier molecular flexibility index (Phi) is 27.9. The second kappa shape index (κ2) is 27.4. The van der Waals surface area contributed by atoms with Crippen LogP contribution in [0.5, 0.6) is 0 Å². The number of rotatable bonds is 22. The van der Waals surface area contributed by atoms with Gasteiger partial charge >= 0.3 is 17.9 Å². The van der Waals surface area contributed by atoms with Crippen molar-refractivity contribution in [1.82, 2.24) is 0 Å². The molecule has 0 aliphatic rings. The molecule has 0 unspecified atom stereocenters. The van der Waals surface area contributed by atoms with Gasteiger partial charge in [0, 0.05) is 19.3 Å². The minimum Gasteiger partial charge on any atom is -0.481 e. The van der Waals surface area contributed by atoms with Gasteiger partial charge in [-0.05, 0) is 26.2 Å². The van der Waals surface area contributed by atoms with Crippen LogP contribution in [0.15, 0.2) is 0 Å². The zero-order valence-corrected chi connectivity index (χ0v) is 20.9. The fourth-order valence-corrected chi connectivity index (χ4v) is 3.43. The summed E-state index contributed by atoms with van der Waals surface area (Å²) < 4.78 is 4.92. The predicted octanol–water partition coefficient (Wildman–Crippen LogP) is 7.53. The van der Waals surface area contributed by atoms with Crippen LogP contribution in [0, 0.1) is 0 Å². The van der Waals surface area contributed by atoms with Gasteiger partial charge in [-0.3, -0.25) is 14.4 Å². The van der Waals surface area contributed by atoms with Crippen molar-refractivity contribution in [3.63, 3.8) is 0 Å². The molecule has 0 aromatic heterocycles. The SMILES string of the molecule is CCCCCCCCCCCCCCCCCC(=O)OCC.O=C(O)CCCCC(=O)O. The molecule has 0 rings (SSSR count). The predicted molar refractivity (Wildman–Crippen MR) is 130 cm³/mol. The van der Waals surface area contributed by atoms with Gasteiger partial charge in [0.1, 0.15) is 0 Å². The number of carboxylic acids is 2. The van der Waals surface area contributed by atoms with Crippen molar-refractivity contribution in [3.8, 4) is 0 Å². The second-order valence-corrected chi connectivity index (χ2v) is 8.50. The van der Waals surface area contributed by atoms with E-state index in [1.54, 1.807) is 0 Å². The summed E-state index contributed by atoms with van der Waals surface area (Å²) in [7, 11) is 0. The third-order valence-electron chi connectivity index (χ3n) is 5.32. The van der Waals surface area contributed by atoms with Crippen molar-refractivity contribution in [3.05, 3.63) is 0 Å². The fraction of sp³-hybridized carbons (Fsp3) is 0.885. The molecule has 0 radical (unpaired) electrons. The number of carbonyl (C=O) groups excluding carboxylic acids is 1. The highest BCUT2D eigenvalue weighted by Gasteiger charge is 2.01. The summed E-state index contributed by atoms with van der Waals surface area (Å²) in [5.74, 6) is -1.77. The molecule has 0 heterocycles. The first kappa shape index (κ1) is 32.6. The maximum Gasteiger partial charge on any atom is 0.305 e. The van der Waals surface area contributed by atoms with Gasteiger partial charge in [0.15, 0.2) is 0 Å². The molecule has 0 atom stereocenters. The standard InChI is InChI=1S/C20H40O2.C6H10O4/c1-3-5-6-7-8-9-10-11-12-13-14-15-16-17-18-19-20(21)22-4-2;7-5(8)3-1-2-4-6(9)10/h3-19H2,1-2H3;1-4H2,(H,7,8)(H,9,10). The zero-order chi connectivity index (χ0) is 24.3. The van der Waals surface area contributed by atoms with Crippen LogP contribution >= 0.6 is 0 Å². The van der Waals surface area contributed by atoms with E-state index < -0.39 is 11.9 Å². The number of ether oxygens (including phenoxy) is 1. The molecule has 190 valence electrons. The van der Waals surface area contributed by atoms with Gasteiger partial charge in [0.05, 0.1) is 6.61 Å². The van der Waals surface area contributed by atoms with E-state index in [4.69, 9.17) is 14.9 Å². The lowest BCUT2D eigenvalue weighted by atomic mass is 10.0. The molecule has 0 aliphatic heterocycles. The molecule has 6 heteroatoms. The normalized spacial score (nSPS) is 10.3. The van der Waals surface area contributed by atoms with Crippen molar-refractivity contribution in [2.45, 2.75) is 142 Å². The maximum absolute atomic E-state index is 11.2. The monoisotopic (exact) mass is 458 g/mol. The summed E-state index contributed by atoms with van der Waals surface area (Å²) in [5, 5.41) is 16.3. The van der Waals surface area contributed by atoms with Gasteiger partial charge in [-0.1, -0.05) is 96.8 Å². The Morgan fingerprint density at radius 1 is 0.500 bits per heavy atom. The fourth-order valence-electron chi connectivity index (χ4n) is 3.43. The first-order valence-corrected chi connectivity index (χ1v) is 13.0. The van der Waals surface area contributed by atoms with Gasteiger partial charge in [-0.2, -0.15) is 0 Å². The van der Waals surface area contributed by atoms with Crippen LogP contribution in [-0.2, 0) is 19.1 Å². The van der Waals surface area contributed by atoms with Gasteiger partial charge in [0.25, 0.3) is 0 Å². The molecule has 0 aliphatic carbocycles. The Morgan fingerprint density at radius 3 is 1.12 bits per heavy atom. The Morgan fingerprint density at radius 2 is 0.812 bits per heavy atom. The minimum atomic E-state index is -0.870. The summed E-state index contributed by atoms with van der Waals surface area (Å²) in [6, 6.07) is 0. The van der Waals surface area contributed by atoms with Crippen LogP contribution < -0.4 is 0 Å². The topological polar surface area (TPSA) is 101 Å². The first-order valence-electron chi connectivity index (χ1n) is 13.0. The number of carbonyl (C=O) groups is 3. The third-order valence-corrected chi connectivity index (χ3v) is 5.32. The van der Waals surface area contributed by atoms with Crippen LogP contribution in [-0.4, -0.2) is 34.7 Å². The number of carboxylic acid groups (broad SMARTS) is 2. The molecule has 6 nitrogen and oxygen atoms in total. The highest BCUT2D eigenvalue weighted by atomic mass is 16.5. The summed E-state index contributed by atoms with van der Waals surface area (Å²) in [6.07, 6.45) is 22.0. The lowest BCUT2D eigenvalue weighted by Gasteiger charge is -2.03. The number of hydrogen-bond donors (Lipinski definition) is 2. The van der Waals surface area contributed by atoms with Crippen molar-refractivity contribution >= 4 is 17.9 Å². The third kappa shape index (κ3) is 33.1. The summed E-state index contributed by atoms with van der Waals surface area (Å²) >= 11 is 0. The van der Waals surface area contributed by atoms with Gasteiger partial charge in [-0.25, -0.2) is 0 Å². The lowest BCUT2D eigenvalue weighted by molar-refractivity contribution is -0.143. The smallest absolute Gasteiger partial charge is 0.305 e. The van der Waals surface area contributed by atoms with Crippen LogP contribution in [0.1, 0.15) is 142 Å². The van der Waals surface area contributed by atoms with Crippen molar-refractivity contribution in [1.29, 1.82) is 0 Å². The highest BCUT2D eigenvalue weighted by molar-refractivity contribution is 5.69. The van der Waals surface area contributed by atoms with Gasteiger partial charge in [-0.15, -0.1) is 0 Å². The molecule has 0 saturated heterocycles. The van der Waals surface area contributed by atoms with Crippen molar-refractivity contribution in [2.24, 2.45) is 0 Å². The molecular formula is C26H50O6. The molecular weight excluding hydrogens is 408 g/mol. The second-order valence-electron chi connectivity index (χ2n) is 8.50. The molecule has 0 saturated carbocycles. The van der Waals surface area contributed by atoms with E-state index in [0.717, 1.165) is 6.42 Å². The van der Waals surface area contributed by atoms with Gasteiger partial charge < -0.3 is 14.9 Å². The maximum atomic E-state index is 11.2. The van der Waals surface area contributed by atoms with E-state index in [1.807, 2.05) is 6.92 Å². The molecule has 0 spiro atoms. The van der Waals surface area contributed by atoms with Crippen LogP contribution in [0.2, 0.25) is 0 Å². The van der Waals surface area contributed by atoms with E-state index in [9.17, 15) is 14.4 Å². The Balaban J connectivity index is 0. The Hall–Kier alpha value is -1.59. The molecule has 0 aromatic carbocycles. The lowest BCUT2D eigenvalue weighted by Crippen LogP contribution is -2.03. The van der Waals surface area contributed by atoms with Crippen molar-refractivity contribution in [2.75, 3.05) is 6.61 Å². The average Bonchev–Trinajstić information content (AvgIpc) is 2.74. The molecule has 0 bridgehead atoms. The molecule has 0 amide bonds. The largest absolute Gasteiger partial charge is 0.481 e. The van der Waals surface area contributed by atoms with Crippen molar-refractivity contribution < 1.29 is 29.3 Å². The van der Waals surface area contributed by atoms with Crippen LogP contribution in [0.4, 0.5) is 0 Å². The number of aliphatic carboxylic acids is 2. The van der Waals surface area contributed by atoms with E-state index in [2.05, 4.69) is 6.92 Å². The van der Waals surface area contributed by atoms with E-state index in [1.165, 1.54) is 89.9 Å². The van der Waals surface area contributed by atoms with E-state index in [0.29, 0.717) is 25.9 Å². The number of esters is 1. The van der Waals surface area contributed by atoms with Crippen LogP contribution in [0.25, 0.3) is 0 Å². The number of hydrogen-bond acceptors (Lipinski definition) is 4. The highest BCUT2D eigenvalue weighted by Crippen LogP contribution is 2.13. The number of unbranched alkanes of at least 4 members (excludes halogenated alkanes) is 15. The Bertz CT molecular complexity index is 420. The summed E-state index contributed by atoms with van der Waals surface area (Å²) in [4.78, 5) is 30.9. The van der Waals surface area contributed by atoms with E-state index >= 15 is 0 Å². The van der Waals surface area contributed by atoms with Crippen LogP contribution in [0.3, 0.4) is 0 Å².